The molecule has 1 atom stereocenters. The number of rotatable bonds is 4. The lowest BCUT2D eigenvalue weighted by atomic mass is 10.1. The van der Waals surface area contributed by atoms with Crippen LogP contribution < -0.4 is 0 Å². The average molecular weight is 223 g/mol. The van der Waals surface area contributed by atoms with Gasteiger partial charge >= 0.3 is 0 Å². The number of ether oxygens (including phenoxy) is 1. The van der Waals surface area contributed by atoms with Crippen LogP contribution >= 0.6 is 0 Å². The van der Waals surface area contributed by atoms with Gasteiger partial charge in [0.05, 0.1) is 25.6 Å². The molecule has 0 amide bonds. The van der Waals surface area contributed by atoms with Gasteiger partial charge in [0.25, 0.3) is 0 Å². The SMILES string of the molecule is CS(=O)(=O)N1CCCC(OCCO)C1. The second-order valence-corrected chi connectivity index (χ2v) is 5.46. The summed E-state index contributed by atoms with van der Waals surface area (Å²) in [6.07, 6.45) is 2.84. The summed E-state index contributed by atoms with van der Waals surface area (Å²) >= 11 is 0. The number of hydrogen-bond donors (Lipinski definition) is 1. The molecule has 84 valence electrons. The van der Waals surface area contributed by atoms with Crippen LogP contribution in [0.2, 0.25) is 0 Å². The minimum Gasteiger partial charge on any atom is -0.394 e. The molecule has 6 heteroatoms. The topological polar surface area (TPSA) is 66.8 Å². The Morgan fingerprint density at radius 3 is 2.86 bits per heavy atom. The van der Waals surface area contributed by atoms with E-state index >= 15 is 0 Å². The quantitative estimate of drug-likeness (QED) is 0.692. The molecule has 0 aromatic heterocycles. The van der Waals surface area contributed by atoms with Crippen molar-refractivity contribution < 1.29 is 18.3 Å². The highest BCUT2D eigenvalue weighted by atomic mass is 32.2. The van der Waals surface area contributed by atoms with Crippen LogP contribution in [-0.4, -0.2) is 56.5 Å². The highest BCUT2D eigenvalue weighted by molar-refractivity contribution is 7.88. The van der Waals surface area contributed by atoms with E-state index in [4.69, 9.17) is 9.84 Å². The summed E-state index contributed by atoms with van der Waals surface area (Å²) in [4.78, 5) is 0. The van der Waals surface area contributed by atoms with Gasteiger partial charge in [0, 0.05) is 13.1 Å². The van der Waals surface area contributed by atoms with Crippen molar-refractivity contribution in [2.45, 2.75) is 18.9 Å². The van der Waals surface area contributed by atoms with Crippen molar-refractivity contribution in [3.63, 3.8) is 0 Å². The molecule has 0 spiro atoms. The van der Waals surface area contributed by atoms with Gasteiger partial charge in [-0.2, -0.15) is 4.31 Å². The smallest absolute Gasteiger partial charge is 0.211 e. The number of aliphatic hydroxyl groups is 1. The fourth-order valence-corrected chi connectivity index (χ4v) is 2.46. The van der Waals surface area contributed by atoms with Gasteiger partial charge in [-0.15, -0.1) is 0 Å². The first-order valence-electron chi connectivity index (χ1n) is 4.71. The minimum absolute atomic E-state index is 0.0185. The number of aliphatic hydroxyl groups excluding tert-OH is 1. The Morgan fingerprint density at radius 2 is 2.29 bits per heavy atom. The van der Waals surface area contributed by atoms with Crippen LogP contribution in [0, 0.1) is 0 Å². The van der Waals surface area contributed by atoms with Crippen LogP contribution in [-0.2, 0) is 14.8 Å². The highest BCUT2D eigenvalue weighted by Gasteiger charge is 2.25. The molecule has 0 aromatic rings. The molecule has 0 saturated carbocycles. The fraction of sp³-hybridized carbons (Fsp3) is 1.00. The molecule has 1 aliphatic heterocycles. The Morgan fingerprint density at radius 1 is 1.57 bits per heavy atom. The zero-order valence-electron chi connectivity index (χ0n) is 8.35. The van der Waals surface area contributed by atoms with Gasteiger partial charge in [-0.05, 0) is 12.8 Å². The van der Waals surface area contributed by atoms with Crippen molar-refractivity contribution in [3.05, 3.63) is 0 Å². The zero-order valence-corrected chi connectivity index (χ0v) is 9.16. The Labute approximate surface area is 84.7 Å². The Hall–Kier alpha value is -0.170. The summed E-state index contributed by atoms with van der Waals surface area (Å²) in [7, 11) is -3.09. The standard InChI is InChI=1S/C8H17NO4S/c1-14(11,12)9-4-2-3-8(7-9)13-6-5-10/h8,10H,2-7H2,1H3. The molecule has 0 radical (unpaired) electrons. The second-order valence-electron chi connectivity index (χ2n) is 3.48. The van der Waals surface area contributed by atoms with E-state index in [0.29, 0.717) is 13.1 Å². The molecule has 1 rings (SSSR count). The Balaban J connectivity index is 2.44. The van der Waals surface area contributed by atoms with E-state index < -0.39 is 10.0 Å². The predicted octanol–water partition coefficient (Wildman–Crippen LogP) is -0.581. The molecular formula is C8H17NO4S. The van der Waals surface area contributed by atoms with Gasteiger partial charge in [-0.25, -0.2) is 8.42 Å². The van der Waals surface area contributed by atoms with E-state index in [-0.39, 0.29) is 19.3 Å². The first kappa shape index (κ1) is 11.9. The molecule has 1 unspecified atom stereocenters. The normalized spacial score (nSPS) is 25.1. The van der Waals surface area contributed by atoms with Crippen molar-refractivity contribution in [1.82, 2.24) is 4.31 Å². The molecular weight excluding hydrogens is 206 g/mol. The van der Waals surface area contributed by atoms with E-state index in [1.54, 1.807) is 0 Å². The third-order valence-electron chi connectivity index (χ3n) is 2.25. The van der Waals surface area contributed by atoms with E-state index in [9.17, 15) is 8.42 Å². The number of piperidine rings is 1. The summed E-state index contributed by atoms with van der Waals surface area (Å²) in [5.74, 6) is 0. The maximum absolute atomic E-state index is 11.2. The number of nitrogens with zero attached hydrogens (tertiary/aromatic N) is 1. The van der Waals surface area contributed by atoms with E-state index in [0.717, 1.165) is 12.8 Å². The van der Waals surface area contributed by atoms with E-state index in [1.807, 2.05) is 0 Å². The second kappa shape index (κ2) is 5.06. The summed E-state index contributed by atoms with van der Waals surface area (Å²) in [5.41, 5.74) is 0. The maximum atomic E-state index is 11.2. The molecule has 1 N–H and O–H groups in total. The lowest BCUT2D eigenvalue weighted by Crippen LogP contribution is -2.42. The van der Waals surface area contributed by atoms with Crippen molar-refractivity contribution in [3.8, 4) is 0 Å². The largest absolute Gasteiger partial charge is 0.394 e. The summed E-state index contributed by atoms with van der Waals surface area (Å²) < 4.78 is 29.2. The number of hydrogen-bond acceptors (Lipinski definition) is 4. The molecule has 5 nitrogen and oxygen atoms in total. The van der Waals surface area contributed by atoms with Crippen molar-refractivity contribution in [1.29, 1.82) is 0 Å². The number of sulfonamides is 1. The molecule has 1 aliphatic rings. The van der Waals surface area contributed by atoms with Crippen LogP contribution in [0.5, 0.6) is 0 Å². The molecule has 0 aromatic carbocycles. The maximum Gasteiger partial charge on any atom is 0.211 e. The summed E-state index contributed by atoms with van der Waals surface area (Å²) in [6.45, 7) is 1.26. The molecule has 0 aliphatic carbocycles. The van der Waals surface area contributed by atoms with Crippen LogP contribution in [0.25, 0.3) is 0 Å². The third kappa shape index (κ3) is 3.53. The predicted molar refractivity (Wildman–Crippen MR) is 52.5 cm³/mol. The van der Waals surface area contributed by atoms with E-state index in [2.05, 4.69) is 0 Å². The van der Waals surface area contributed by atoms with Crippen LogP contribution in [0.3, 0.4) is 0 Å². The van der Waals surface area contributed by atoms with Crippen molar-refractivity contribution >= 4 is 10.0 Å². The highest BCUT2D eigenvalue weighted by Crippen LogP contribution is 2.15. The molecule has 1 saturated heterocycles. The zero-order chi connectivity index (χ0) is 10.6. The molecule has 1 fully saturated rings. The monoisotopic (exact) mass is 223 g/mol. The van der Waals surface area contributed by atoms with Crippen LogP contribution in [0.1, 0.15) is 12.8 Å². The van der Waals surface area contributed by atoms with Crippen molar-refractivity contribution in [2.75, 3.05) is 32.6 Å². The first-order chi connectivity index (χ1) is 6.54. The van der Waals surface area contributed by atoms with Gasteiger partial charge in [-0.1, -0.05) is 0 Å². The lowest BCUT2D eigenvalue weighted by molar-refractivity contribution is 0.00158. The fourth-order valence-electron chi connectivity index (χ4n) is 1.56. The van der Waals surface area contributed by atoms with Gasteiger partial charge < -0.3 is 9.84 Å². The third-order valence-corrected chi connectivity index (χ3v) is 3.52. The van der Waals surface area contributed by atoms with Gasteiger partial charge in [0.2, 0.25) is 10.0 Å². The Bertz CT molecular complexity index is 265. The van der Waals surface area contributed by atoms with Gasteiger partial charge in [0.1, 0.15) is 0 Å². The molecule has 14 heavy (non-hydrogen) atoms. The van der Waals surface area contributed by atoms with Crippen LogP contribution in [0.15, 0.2) is 0 Å². The first-order valence-corrected chi connectivity index (χ1v) is 6.56. The van der Waals surface area contributed by atoms with Crippen LogP contribution in [0.4, 0.5) is 0 Å². The van der Waals surface area contributed by atoms with Gasteiger partial charge in [0.15, 0.2) is 0 Å². The van der Waals surface area contributed by atoms with Gasteiger partial charge in [-0.3, -0.25) is 0 Å². The lowest BCUT2D eigenvalue weighted by Gasteiger charge is -2.30. The summed E-state index contributed by atoms with van der Waals surface area (Å²) in [5, 5.41) is 8.57. The molecule has 0 bridgehead atoms. The molecule has 1 heterocycles. The minimum atomic E-state index is -3.09. The van der Waals surface area contributed by atoms with E-state index in [1.165, 1.54) is 10.6 Å². The average Bonchev–Trinajstić information content (AvgIpc) is 2.14. The Kier molecular flexibility index (Phi) is 4.31. The summed E-state index contributed by atoms with van der Waals surface area (Å²) in [6, 6.07) is 0. The van der Waals surface area contributed by atoms with Crippen molar-refractivity contribution in [2.24, 2.45) is 0 Å².